The third-order valence-electron chi connectivity index (χ3n) is 2.06. The Kier molecular flexibility index (Phi) is 5.53. The van der Waals surface area contributed by atoms with Gasteiger partial charge in [-0.3, -0.25) is 9.89 Å². The molecule has 19 heavy (non-hydrogen) atoms. The molecule has 0 saturated carbocycles. The summed E-state index contributed by atoms with van der Waals surface area (Å²) in [6.45, 7) is 7.65. The third kappa shape index (κ3) is 4.42. The van der Waals surface area contributed by atoms with Gasteiger partial charge in [-0.15, -0.1) is 0 Å². The number of carbonyl (C=O) groups is 1. The van der Waals surface area contributed by atoms with Gasteiger partial charge in [-0.1, -0.05) is 13.8 Å². The fourth-order valence-corrected chi connectivity index (χ4v) is 1.27. The maximum Gasteiger partial charge on any atom is 0.291 e. The molecule has 0 radical (unpaired) electrons. The second-order valence-electron chi connectivity index (χ2n) is 3.58. The molecule has 2 rings (SSSR count). The molecule has 2 aromatic rings. The number of hydrogen-bond donors (Lipinski definition) is 2. The van der Waals surface area contributed by atoms with E-state index in [1.165, 1.54) is 6.21 Å². The summed E-state index contributed by atoms with van der Waals surface area (Å²) in [5.74, 6) is 1.01. The molecule has 0 aliphatic rings. The molecule has 0 atom stereocenters. The van der Waals surface area contributed by atoms with Crippen molar-refractivity contribution in [2.75, 3.05) is 0 Å². The average Bonchev–Trinajstić information content (AvgIpc) is 3.01. The number of carbonyl (C=O) groups excluding carboxylic acids is 1. The highest BCUT2D eigenvalue weighted by atomic mass is 16.3. The number of hydrogen-bond acceptors (Lipinski definition) is 4. The Morgan fingerprint density at radius 3 is 2.68 bits per heavy atom. The zero-order valence-corrected chi connectivity index (χ0v) is 11.5. The fraction of sp³-hybridized carbons (Fsp3) is 0.308. The van der Waals surface area contributed by atoms with Gasteiger partial charge in [-0.05, 0) is 32.0 Å². The molecule has 2 aromatic heterocycles. The lowest BCUT2D eigenvalue weighted by Crippen LogP contribution is -2.17. The van der Waals surface area contributed by atoms with Crippen LogP contribution in [0.3, 0.4) is 0 Å². The predicted octanol–water partition coefficient (Wildman–Crippen LogP) is 2.41. The van der Waals surface area contributed by atoms with Crippen LogP contribution in [0.2, 0.25) is 0 Å². The number of H-pyrrole nitrogens is 1. The fourth-order valence-electron chi connectivity index (χ4n) is 1.27. The second kappa shape index (κ2) is 7.15. The van der Waals surface area contributed by atoms with E-state index >= 15 is 0 Å². The number of amides is 1. The quantitative estimate of drug-likeness (QED) is 0.658. The number of aromatic nitrogens is 2. The lowest BCUT2D eigenvalue weighted by molar-refractivity contribution is 0.0950. The molecule has 0 aliphatic heterocycles. The molecule has 6 nitrogen and oxygen atoms in total. The van der Waals surface area contributed by atoms with Gasteiger partial charge in [0.2, 0.25) is 0 Å². The maximum atomic E-state index is 11.5. The summed E-state index contributed by atoms with van der Waals surface area (Å²) >= 11 is 0. The van der Waals surface area contributed by atoms with Crippen molar-refractivity contribution in [3.63, 3.8) is 0 Å². The van der Waals surface area contributed by atoms with Crippen molar-refractivity contribution in [1.29, 1.82) is 0 Å². The number of nitrogens with zero attached hydrogens (tertiary/aromatic N) is 2. The van der Waals surface area contributed by atoms with E-state index < -0.39 is 0 Å². The van der Waals surface area contributed by atoms with E-state index in [2.05, 4.69) is 20.7 Å². The Labute approximate surface area is 111 Å². The van der Waals surface area contributed by atoms with E-state index in [4.69, 9.17) is 4.42 Å². The zero-order chi connectivity index (χ0) is 14.3. The maximum absolute atomic E-state index is 11.5. The average molecular weight is 262 g/mol. The number of aryl methyl sites for hydroxylation is 2. The minimum absolute atomic E-state index is 0.301. The van der Waals surface area contributed by atoms with Crippen LogP contribution in [0.1, 0.15) is 41.6 Å². The number of rotatable bonds is 3. The first-order valence-corrected chi connectivity index (χ1v) is 6.07. The first-order chi connectivity index (χ1) is 9.15. The van der Waals surface area contributed by atoms with Gasteiger partial charge in [0, 0.05) is 5.69 Å². The molecule has 6 heteroatoms. The number of nitrogens with one attached hydrogen (secondary N) is 2. The summed E-state index contributed by atoms with van der Waals surface area (Å²) < 4.78 is 5.25. The lowest BCUT2D eigenvalue weighted by atomic mass is 10.4. The molecule has 102 valence electrons. The van der Waals surface area contributed by atoms with Gasteiger partial charge in [0.25, 0.3) is 5.91 Å². The van der Waals surface area contributed by atoms with Crippen LogP contribution in [0.5, 0.6) is 0 Å². The molecule has 0 unspecified atom stereocenters. The van der Waals surface area contributed by atoms with Crippen LogP contribution >= 0.6 is 0 Å². The summed E-state index contributed by atoms with van der Waals surface area (Å²) in [4.78, 5) is 11.5. The van der Waals surface area contributed by atoms with E-state index in [-0.39, 0.29) is 5.91 Å². The van der Waals surface area contributed by atoms with Gasteiger partial charge in [-0.25, -0.2) is 5.43 Å². The van der Waals surface area contributed by atoms with E-state index in [1.54, 1.807) is 12.1 Å². The van der Waals surface area contributed by atoms with Crippen molar-refractivity contribution in [3.05, 3.63) is 41.1 Å². The Hall–Kier alpha value is -2.37. The zero-order valence-electron chi connectivity index (χ0n) is 11.5. The van der Waals surface area contributed by atoms with E-state index in [9.17, 15) is 4.79 Å². The van der Waals surface area contributed by atoms with Crippen LogP contribution in [-0.2, 0) is 0 Å². The molecular weight excluding hydrogens is 244 g/mol. The van der Waals surface area contributed by atoms with Gasteiger partial charge in [0.1, 0.15) is 11.5 Å². The van der Waals surface area contributed by atoms with Crippen molar-refractivity contribution < 1.29 is 9.21 Å². The standard InChI is InChI=1S/C11H12N4O2.C2H6/c1-7-5-10(14-13-7)11(16)15-12-6-9-4-3-8(2)17-9;1-2/h3-6H,1-2H3,(H,13,14)(H,15,16);1-2H3/b12-6+;. The monoisotopic (exact) mass is 262 g/mol. The normalized spacial score (nSPS) is 10.1. The van der Waals surface area contributed by atoms with E-state index in [1.807, 2.05) is 33.8 Å². The lowest BCUT2D eigenvalue weighted by Gasteiger charge is -1.93. The van der Waals surface area contributed by atoms with Crippen LogP contribution in [0.25, 0.3) is 0 Å². The Balaban J connectivity index is 0.000000861. The highest BCUT2D eigenvalue weighted by Crippen LogP contribution is 2.02. The van der Waals surface area contributed by atoms with Crippen LogP contribution < -0.4 is 5.43 Å². The first-order valence-electron chi connectivity index (χ1n) is 6.07. The van der Waals surface area contributed by atoms with Gasteiger partial charge in [-0.2, -0.15) is 10.2 Å². The third-order valence-corrected chi connectivity index (χ3v) is 2.06. The van der Waals surface area contributed by atoms with Gasteiger partial charge in [0.15, 0.2) is 5.69 Å². The topological polar surface area (TPSA) is 83.3 Å². The number of aromatic amines is 1. The van der Waals surface area contributed by atoms with Crippen molar-refractivity contribution in [1.82, 2.24) is 15.6 Å². The summed E-state index contributed by atoms with van der Waals surface area (Å²) in [6.07, 6.45) is 1.43. The van der Waals surface area contributed by atoms with Crippen molar-refractivity contribution in [2.24, 2.45) is 5.10 Å². The number of hydrazone groups is 1. The molecule has 0 aromatic carbocycles. The Bertz CT molecular complexity index is 554. The molecule has 0 spiro atoms. The molecule has 1 amide bonds. The van der Waals surface area contributed by atoms with Crippen molar-refractivity contribution >= 4 is 12.1 Å². The summed E-state index contributed by atoms with van der Waals surface area (Å²) in [5.41, 5.74) is 3.48. The van der Waals surface area contributed by atoms with Crippen LogP contribution in [-0.4, -0.2) is 22.3 Å². The largest absolute Gasteiger partial charge is 0.460 e. The first kappa shape index (κ1) is 14.7. The Morgan fingerprint density at radius 1 is 1.42 bits per heavy atom. The Morgan fingerprint density at radius 2 is 2.16 bits per heavy atom. The molecule has 0 saturated heterocycles. The highest BCUT2D eigenvalue weighted by Gasteiger charge is 2.07. The number of furan rings is 1. The van der Waals surface area contributed by atoms with Crippen molar-refractivity contribution in [3.8, 4) is 0 Å². The van der Waals surface area contributed by atoms with Crippen LogP contribution in [0.15, 0.2) is 27.7 Å². The highest BCUT2D eigenvalue weighted by molar-refractivity contribution is 5.92. The smallest absolute Gasteiger partial charge is 0.291 e. The summed E-state index contributed by atoms with van der Waals surface area (Å²) in [5, 5.41) is 10.3. The van der Waals surface area contributed by atoms with Gasteiger partial charge < -0.3 is 4.42 Å². The predicted molar refractivity (Wildman–Crippen MR) is 73.2 cm³/mol. The second-order valence-corrected chi connectivity index (χ2v) is 3.58. The SMILES string of the molecule is CC.Cc1cc(C(=O)N/N=C/c2ccc(C)o2)n[nH]1. The minimum Gasteiger partial charge on any atom is -0.460 e. The van der Waals surface area contributed by atoms with Crippen LogP contribution in [0.4, 0.5) is 0 Å². The summed E-state index contributed by atoms with van der Waals surface area (Å²) in [6, 6.07) is 5.23. The van der Waals surface area contributed by atoms with E-state index in [0.29, 0.717) is 11.5 Å². The molecule has 0 bridgehead atoms. The molecule has 2 N–H and O–H groups in total. The summed E-state index contributed by atoms with van der Waals surface area (Å²) in [7, 11) is 0. The molecule has 0 fully saturated rings. The molecular formula is C13H18N4O2. The minimum atomic E-state index is -0.367. The van der Waals surface area contributed by atoms with Gasteiger partial charge in [0.05, 0.1) is 6.21 Å². The van der Waals surface area contributed by atoms with E-state index in [0.717, 1.165) is 11.5 Å². The van der Waals surface area contributed by atoms with Crippen LogP contribution in [0, 0.1) is 13.8 Å². The van der Waals surface area contributed by atoms with Gasteiger partial charge >= 0.3 is 0 Å². The molecule has 2 heterocycles. The molecule has 0 aliphatic carbocycles. The van der Waals surface area contributed by atoms with Crippen molar-refractivity contribution in [2.45, 2.75) is 27.7 Å².